The molecule has 0 radical (unpaired) electrons. The van der Waals surface area contributed by atoms with Gasteiger partial charge in [-0.3, -0.25) is 0 Å². The van der Waals surface area contributed by atoms with Gasteiger partial charge in [0.05, 0.1) is 5.60 Å². The van der Waals surface area contributed by atoms with Crippen LogP contribution in [0.5, 0.6) is 0 Å². The van der Waals surface area contributed by atoms with Crippen molar-refractivity contribution < 1.29 is 19.1 Å². The topological polar surface area (TPSA) is 59.7 Å². The van der Waals surface area contributed by atoms with Crippen LogP contribution in [0.3, 0.4) is 0 Å². The van der Waals surface area contributed by atoms with E-state index in [1.54, 1.807) is 6.07 Å². The van der Waals surface area contributed by atoms with Gasteiger partial charge in [-0.25, -0.2) is 4.79 Å². The summed E-state index contributed by atoms with van der Waals surface area (Å²) in [6.07, 6.45) is 0.632. The number of ether oxygens (including phenoxy) is 1. The summed E-state index contributed by atoms with van der Waals surface area (Å²) in [5.41, 5.74) is -0.240. The minimum absolute atomic E-state index is 0.0558. The van der Waals surface area contributed by atoms with Crippen molar-refractivity contribution in [1.82, 2.24) is 0 Å². The molecule has 0 aromatic carbocycles. The quantitative estimate of drug-likeness (QED) is 0.837. The fourth-order valence-electron chi connectivity index (χ4n) is 1.31. The summed E-state index contributed by atoms with van der Waals surface area (Å²) in [5.74, 6) is -0.577. The van der Waals surface area contributed by atoms with E-state index < -0.39 is 5.97 Å². The van der Waals surface area contributed by atoms with Crippen LogP contribution < -0.4 is 0 Å². The Kier molecular flexibility index (Phi) is 3.75. The fraction of sp³-hybridized carbons (Fsp3) is 0.583. The van der Waals surface area contributed by atoms with Crippen molar-refractivity contribution >= 4 is 5.97 Å². The van der Waals surface area contributed by atoms with Crippen LogP contribution in [0.4, 0.5) is 0 Å². The van der Waals surface area contributed by atoms with Crippen LogP contribution >= 0.6 is 0 Å². The predicted molar refractivity (Wildman–Crippen MR) is 59.5 cm³/mol. The first kappa shape index (κ1) is 12.8. The number of furan rings is 1. The lowest BCUT2D eigenvalue weighted by atomic mass is 10.1. The van der Waals surface area contributed by atoms with E-state index in [2.05, 4.69) is 0 Å². The van der Waals surface area contributed by atoms with Gasteiger partial charge in [0.2, 0.25) is 5.76 Å². The number of carboxylic acid groups (broad SMARTS) is 1. The molecule has 0 bridgehead atoms. The zero-order valence-corrected chi connectivity index (χ0v) is 10.1. The molecule has 1 unspecified atom stereocenters. The highest BCUT2D eigenvalue weighted by atomic mass is 16.5. The van der Waals surface area contributed by atoms with Gasteiger partial charge < -0.3 is 14.3 Å². The van der Waals surface area contributed by atoms with Crippen molar-refractivity contribution in [2.45, 2.75) is 45.8 Å². The number of hydrogen-bond acceptors (Lipinski definition) is 3. The van der Waals surface area contributed by atoms with Gasteiger partial charge in [0, 0.05) is 0 Å². The highest BCUT2D eigenvalue weighted by Crippen LogP contribution is 2.26. The molecule has 16 heavy (non-hydrogen) atoms. The minimum atomic E-state index is -1.06. The van der Waals surface area contributed by atoms with Crippen LogP contribution in [0.25, 0.3) is 0 Å². The maximum Gasteiger partial charge on any atom is 0.371 e. The molecular weight excluding hydrogens is 208 g/mol. The normalized spacial score (nSPS) is 13.8. The Hall–Kier alpha value is -1.29. The van der Waals surface area contributed by atoms with Crippen LogP contribution in [0, 0.1) is 0 Å². The van der Waals surface area contributed by atoms with E-state index in [0.717, 1.165) is 6.42 Å². The maximum atomic E-state index is 10.6. The molecule has 4 nitrogen and oxygen atoms in total. The summed E-state index contributed by atoms with van der Waals surface area (Å²) in [6, 6.07) is 3.08. The van der Waals surface area contributed by atoms with Gasteiger partial charge in [-0.15, -0.1) is 0 Å². The summed E-state index contributed by atoms with van der Waals surface area (Å²) in [6.45, 7) is 7.87. The summed E-state index contributed by atoms with van der Waals surface area (Å²) >= 11 is 0. The van der Waals surface area contributed by atoms with Gasteiger partial charge in [0.25, 0.3) is 0 Å². The molecule has 0 spiro atoms. The first-order chi connectivity index (χ1) is 7.35. The number of rotatable bonds is 5. The third kappa shape index (κ3) is 3.10. The molecule has 90 valence electrons. The molecule has 0 fully saturated rings. The fourth-order valence-corrected chi connectivity index (χ4v) is 1.31. The molecule has 1 N–H and O–H groups in total. The predicted octanol–water partition coefficient (Wildman–Crippen LogP) is 3.24. The second-order valence-electron chi connectivity index (χ2n) is 4.38. The van der Waals surface area contributed by atoms with E-state index in [0.29, 0.717) is 5.76 Å². The smallest absolute Gasteiger partial charge is 0.371 e. The molecule has 4 heteroatoms. The van der Waals surface area contributed by atoms with E-state index >= 15 is 0 Å². The lowest BCUT2D eigenvalue weighted by Gasteiger charge is -2.26. The highest BCUT2D eigenvalue weighted by molar-refractivity contribution is 5.84. The third-order valence-corrected chi connectivity index (χ3v) is 2.59. The highest BCUT2D eigenvalue weighted by Gasteiger charge is 2.22. The van der Waals surface area contributed by atoms with Crippen molar-refractivity contribution in [1.29, 1.82) is 0 Å². The van der Waals surface area contributed by atoms with E-state index in [-0.39, 0.29) is 17.5 Å². The second kappa shape index (κ2) is 4.70. The molecule has 1 heterocycles. The first-order valence-electron chi connectivity index (χ1n) is 5.36. The molecule has 0 saturated heterocycles. The van der Waals surface area contributed by atoms with Crippen LogP contribution in [0.1, 0.15) is 56.5 Å². The van der Waals surface area contributed by atoms with Crippen molar-refractivity contribution in [3.8, 4) is 0 Å². The Bertz CT molecular complexity index is 365. The van der Waals surface area contributed by atoms with Gasteiger partial charge in [-0.1, -0.05) is 6.92 Å². The van der Waals surface area contributed by atoms with E-state index in [1.807, 2.05) is 27.7 Å². The number of hydrogen-bond donors (Lipinski definition) is 1. The summed E-state index contributed by atoms with van der Waals surface area (Å²) < 4.78 is 11.0. The Labute approximate surface area is 95.2 Å². The van der Waals surface area contributed by atoms with Gasteiger partial charge >= 0.3 is 5.97 Å². The van der Waals surface area contributed by atoms with Crippen molar-refractivity contribution in [3.63, 3.8) is 0 Å². The average Bonchev–Trinajstić information content (AvgIpc) is 2.66. The van der Waals surface area contributed by atoms with Crippen LogP contribution in [-0.2, 0) is 4.74 Å². The Balaban J connectivity index is 2.73. The average molecular weight is 226 g/mol. The third-order valence-electron chi connectivity index (χ3n) is 2.59. The molecule has 0 aliphatic carbocycles. The van der Waals surface area contributed by atoms with Gasteiger partial charge in [-0.05, 0) is 39.3 Å². The maximum absolute atomic E-state index is 10.6. The zero-order chi connectivity index (χ0) is 12.3. The molecule has 0 amide bonds. The first-order valence-corrected chi connectivity index (χ1v) is 5.36. The second-order valence-corrected chi connectivity index (χ2v) is 4.38. The minimum Gasteiger partial charge on any atom is -0.475 e. The SMILES string of the molecule is CCC(C)(C)OC(C)c1ccc(C(=O)O)o1. The molecule has 1 aromatic rings. The summed E-state index contributed by atoms with van der Waals surface area (Å²) in [7, 11) is 0. The van der Waals surface area contributed by atoms with Crippen LogP contribution in [-0.4, -0.2) is 16.7 Å². The lowest BCUT2D eigenvalue weighted by Crippen LogP contribution is -2.24. The molecule has 0 saturated carbocycles. The molecule has 1 aromatic heterocycles. The molecule has 1 rings (SSSR count). The largest absolute Gasteiger partial charge is 0.475 e. The number of carbonyl (C=O) groups is 1. The van der Waals surface area contributed by atoms with Gasteiger partial charge in [0.15, 0.2) is 0 Å². The molecule has 1 atom stereocenters. The van der Waals surface area contributed by atoms with Crippen molar-refractivity contribution in [2.24, 2.45) is 0 Å². The standard InChI is InChI=1S/C12H18O4/c1-5-12(3,4)16-8(2)9-6-7-10(15-9)11(13)14/h6-8H,5H2,1-4H3,(H,13,14). The lowest BCUT2D eigenvalue weighted by molar-refractivity contribution is -0.0752. The van der Waals surface area contributed by atoms with E-state index in [9.17, 15) is 4.79 Å². The Morgan fingerprint density at radius 2 is 2.19 bits per heavy atom. The Morgan fingerprint density at radius 3 is 2.62 bits per heavy atom. The van der Waals surface area contributed by atoms with Gasteiger partial charge in [0.1, 0.15) is 11.9 Å². The zero-order valence-electron chi connectivity index (χ0n) is 10.1. The van der Waals surface area contributed by atoms with E-state index in [4.69, 9.17) is 14.3 Å². The van der Waals surface area contributed by atoms with Crippen LogP contribution in [0.2, 0.25) is 0 Å². The molecule has 0 aliphatic rings. The van der Waals surface area contributed by atoms with Crippen LogP contribution in [0.15, 0.2) is 16.5 Å². The van der Waals surface area contributed by atoms with Crippen molar-refractivity contribution in [2.75, 3.05) is 0 Å². The Morgan fingerprint density at radius 1 is 1.56 bits per heavy atom. The molecule has 0 aliphatic heterocycles. The molecular formula is C12H18O4. The summed E-state index contributed by atoms with van der Waals surface area (Å²) in [4.78, 5) is 10.6. The van der Waals surface area contributed by atoms with Gasteiger partial charge in [-0.2, -0.15) is 0 Å². The monoisotopic (exact) mass is 226 g/mol. The van der Waals surface area contributed by atoms with Crippen molar-refractivity contribution in [3.05, 3.63) is 23.7 Å². The number of carboxylic acids is 1. The van der Waals surface area contributed by atoms with E-state index in [1.165, 1.54) is 6.07 Å². The summed E-state index contributed by atoms with van der Waals surface area (Å²) in [5, 5.41) is 8.72. The number of aromatic carboxylic acids is 1.